The number of nitrogens with zero attached hydrogens (tertiary/aromatic N) is 4. The Morgan fingerprint density at radius 2 is 1.71 bits per heavy atom. The maximum atomic E-state index is 13.2. The zero-order valence-corrected chi connectivity index (χ0v) is 21.2. The summed E-state index contributed by atoms with van der Waals surface area (Å²) < 4.78 is 7.95. The van der Waals surface area contributed by atoms with Crippen LogP contribution in [-0.4, -0.2) is 38.9 Å². The normalized spacial score (nSPS) is 10.9. The number of benzene rings is 3. The number of rotatable bonds is 9. The number of pyridine rings is 1. The predicted molar refractivity (Wildman–Crippen MR) is 150 cm³/mol. The fourth-order valence-corrected chi connectivity index (χ4v) is 4.29. The number of fused-ring (bicyclic) bond motifs is 1. The molecule has 2 heterocycles. The van der Waals surface area contributed by atoms with Gasteiger partial charge in [-0.15, -0.1) is 0 Å². The van der Waals surface area contributed by atoms with Crippen LogP contribution < -0.4 is 10.5 Å². The molecule has 0 saturated heterocycles. The zero-order valence-electron chi connectivity index (χ0n) is 21.2. The van der Waals surface area contributed by atoms with Crippen molar-refractivity contribution in [1.29, 1.82) is 0 Å². The van der Waals surface area contributed by atoms with Crippen LogP contribution in [0.25, 0.3) is 22.4 Å². The highest BCUT2D eigenvalue weighted by Crippen LogP contribution is 2.29. The highest BCUT2D eigenvalue weighted by atomic mass is 16.5. The van der Waals surface area contributed by atoms with E-state index in [1.54, 1.807) is 18.1 Å². The smallest absolute Gasteiger partial charge is 0.253 e. The van der Waals surface area contributed by atoms with Crippen LogP contribution in [0.5, 0.6) is 11.5 Å². The molecule has 0 radical (unpaired) electrons. The maximum Gasteiger partial charge on any atom is 0.253 e. The Hall–Kier alpha value is -4.91. The molecule has 0 fully saturated rings. The Labute approximate surface area is 221 Å². The molecule has 5 rings (SSSR count). The lowest BCUT2D eigenvalue weighted by Crippen LogP contribution is -2.29. The Balaban J connectivity index is 1.40. The van der Waals surface area contributed by atoms with Crippen molar-refractivity contribution in [3.63, 3.8) is 0 Å². The number of amides is 1. The van der Waals surface area contributed by atoms with Gasteiger partial charge in [0.1, 0.15) is 17.3 Å². The first-order chi connectivity index (χ1) is 18.5. The number of para-hydroxylation sites is 1. The number of carbonyl (C=O) groups is 1. The molecule has 0 aliphatic carbocycles. The van der Waals surface area contributed by atoms with Gasteiger partial charge in [0.2, 0.25) is 0 Å². The minimum atomic E-state index is -0.0652. The van der Waals surface area contributed by atoms with E-state index < -0.39 is 0 Å². The second-order valence-electron chi connectivity index (χ2n) is 9.12. The van der Waals surface area contributed by atoms with E-state index in [0.29, 0.717) is 30.8 Å². The summed E-state index contributed by atoms with van der Waals surface area (Å²) in [5.74, 6) is 2.18. The van der Waals surface area contributed by atoms with E-state index in [4.69, 9.17) is 15.5 Å². The molecule has 2 N–H and O–H groups in total. The van der Waals surface area contributed by atoms with Gasteiger partial charge in [0, 0.05) is 48.7 Å². The van der Waals surface area contributed by atoms with Crippen LogP contribution in [0.15, 0.2) is 109 Å². The molecule has 7 nitrogen and oxygen atoms in total. The van der Waals surface area contributed by atoms with Gasteiger partial charge in [0.25, 0.3) is 5.91 Å². The number of likely N-dealkylation sites (N-methyl/N-ethyl adjacent to an activating group) is 1. The van der Waals surface area contributed by atoms with E-state index >= 15 is 0 Å². The number of hydrogen-bond donors (Lipinski definition) is 1. The molecule has 0 unspecified atom stereocenters. The van der Waals surface area contributed by atoms with Gasteiger partial charge in [0.05, 0.1) is 17.6 Å². The molecule has 3 aromatic carbocycles. The lowest BCUT2D eigenvalue weighted by atomic mass is 10.1. The fraction of sp³-hybridized carbons (Fsp3) is 0.129. The molecule has 5 aromatic rings. The lowest BCUT2D eigenvalue weighted by Gasteiger charge is -2.17. The molecule has 0 spiro atoms. The highest BCUT2D eigenvalue weighted by molar-refractivity contribution is 5.97. The van der Waals surface area contributed by atoms with E-state index in [1.165, 1.54) is 0 Å². The van der Waals surface area contributed by atoms with Gasteiger partial charge in [-0.25, -0.2) is 4.98 Å². The number of carbonyl (C=O) groups excluding carboxylic acids is 1. The van der Waals surface area contributed by atoms with Crippen molar-refractivity contribution < 1.29 is 9.53 Å². The third-order valence-corrected chi connectivity index (χ3v) is 6.22. The monoisotopic (exact) mass is 503 g/mol. The van der Waals surface area contributed by atoms with Gasteiger partial charge in [-0.05, 0) is 66.7 Å². The number of allylic oxidation sites excluding steroid dienone is 1. The second-order valence-corrected chi connectivity index (χ2v) is 9.12. The van der Waals surface area contributed by atoms with Crippen LogP contribution >= 0.6 is 0 Å². The largest absolute Gasteiger partial charge is 0.457 e. The van der Waals surface area contributed by atoms with Crippen molar-refractivity contribution in [2.24, 2.45) is 5.73 Å². The summed E-state index contributed by atoms with van der Waals surface area (Å²) in [4.78, 5) is 24.1. The highest BCUT2D eigenvalue weighted by Gasteiger charge is 2.17. The van der Waals surface area contributed by atoms with Crippen LogP contribution in [0.2, 0.25) is 0 Å². The summed E-state index contributed by atoms with van der Waals surface area (Å²) in [5.41, 5.74) is 10.6. The van der Waals surface area contributed by atoms with Crippen LogP contribution in [-0.2, 0) is 13.0 Å². The molecule has 0 saturated carbocycles. The first kappa shape index (κ1) is 24.8. The van der Waals surface area contributed by atoms with Gasteiger partial charge >= 0.3 is 0 Å². The van der Waals surface area contributed by atoms with E-state index in [-0.39, 0.29) is 5.91 Å². The topological polar surface area (TPSA) is 86.3 Å². The molecule has 0 atom stereocenters. The van der Waals surface area contributed by atoms with Gasteiger partial charge in [-0.2, -0.15) is 0 Å². The summed E-state index contributed by atoms with van der Waals surface area (Å²) >= 11 is 0. The third kappa shape index (κ3) is 5.57. The van der Waals surface area contributed by atoms with Crippen molar-refractivity contribution in [3.8, 4) is 22.9 Å². The Morgan fingerprint density at radius 1 is 0.974 bits per heavy atom. The minimum Gasteiger partial charge on any atom is -0.457 e. The van der Waals surface area contributed by atoms with Crippen LogP contribution in [0, 0.1) is 0 Å². The minimum absolute atomic E-state index is 0.0652. The lowest BCUT2D eigenvalue weighted by molar-refractivity contribution is 0.0796. The predicted octanol–water partition coefficient (Wildman–Crippen LogP) is 5.68. The quantitative estimate of drug-likeness (QED) is 0.280. The number of ether oxygens (including phenoxy) is 1. The molecule has 0 bridgehead atoms. The first-order valence-electron chi connectivity index (χ1n) is 12.4. The summed E-state index contributed by atoms with van der Waals surface area (Å²) in [5, 5.41) is 0. The Kier molecular flexibility index (Phi) is 7.17. The van der Waals surface area contributed by atoms with E-state index in [2.05, 4.69) is 11.6 Å². The fourth-order valence-electron chi connectivity index (χ4n) is 4.29. The van der Waals surface area contributed by atoms with Crippen LogP contribution in [0.4, 0.5) is 0 Å². The Bertz CT molecular complexity index is 1560. The number of hydrogen-bond acceptors (Lipinski definition) is 5. The van der Waals surface area contributed by atoms with Crippen molar-refractivity contribution >= 4 is 16.9 Å². The van der Waals surface area contributed by atoms with Gasteiger partial charge in [-0.1, -0.05) is 30.8 Å². The first-order valence-corrected chi connectivity index (χ1v) is 12.4. The average molecular weight is 504 g/mol. The van der Waals surface area contributed by atoms with Crippen LogP contribution in [0.1, 0.15) is 16.1 Å². The molecule has 38 heavy (non-hydrogen) atoms. The standard InChI is InChI=1S/C31H29N5O2/c1-22(32)21-36-29-16-13-24(31(37)35(2)19-17-25-8-6-7-18-33-25)20-28(29)34-30(36)23-11-14-27(15-12-23)38-26-9-4-3-5-10-26/h3-16,18,20H,1,17,19,21,32H2,2H3. The van der Waals surface area contributed by atoms with Crippen molar-refractivity contribution in [2.45, 2.75) is 13.0 Å². The molecular weight excluding hydrogens is 474 g/mol. The van der Waals surface area contributed by atoms with Gasteiger partial charge in [0.15, 0.2) is 0 Å². The molecule has 7 heteroatoms. The maximum absolute atomic E-state index is 13.2. The van der Waals surface area contributed by atoms with Crippen molar-refractivity contribution in [2.75, 3.05) is 13.6 Å². The van der Waals surface area contributed by atoms with E-state index in [1.807, 2.05) is 95.6 Å². The summed E-state index contributed by atoms with van der Waals surface area (Å²) in [6.07, 6.45) is 2.45. The molecule has 0 aliphatic rings. The average Bonchev–Trinajstić information content (AvgIpc) is 3.29. The molecule has 0 aliphatic heterocycles. The number of nitrogens with two attached hydrogens (primary N) is 1. The van der Waals surface area contributed by atoms with Gasteiger partial charge in [-0.3, -0.25) is 9.78 Å². The third-order valence-electron chi connectivity index (χ3n) is 6.22. The zero-order chi connectivity index (χ0) is 26.5. The number of aromatic nitrogens is 3. The van der Waals surface area contributed by atoms with E-state index in [9.17, 15) is 4.79 Å². The SMILES string of the molecule is C=C(N)Cn1c(-c2ccc(Oc3ccccc3)cc2)nc2cc(C(=O)N(C)CCc3ccccn3)ccc21. The van der Waals surface area contributed by atoms with Gasteiger partial charge < -0.3 is 19.9 Å². The molecule has 2 aromatic heterocycles. The van der Waals surface area contributed by atoms with Crippen molar-refractivity contribution in [3.05, 3.63) is 121 Å². The Morgan fingerprint density at radius 3 is 2.42 bits per heavy atom. The summed E-state index contributed by atoms with van der Waals surface area (Å²) in [6, 6.07) is 28.8. The van der Waals surface area contributed by atoms with E-state index in [0.717, 1.165) is 39.6 Å². The molecule has 1 amide bonds. The van der Waals surface area contributed by atoms with Crippen molar-refractivity contribution in [1.82, 2.24) is 19.4 Å². The number of imidazole rings is 1. The second kappa shape index (κ2) is 11.0. The summed E-state index contributed by atoms with van der Waals surface area (Å²) in [6.45, 7) is 4.87. The molecular formula is C31H29N5O2. The molecule has 190 valence electrons. The van der Waals surface area contributed by atoms with Crippen LogP contribution in [0.3, 0.4) is 0 Å². The summed E-state index contributed by atoms with van der Waals surface area (Å²) in [7, 11) is 1.80.